The summed E-state index contributed by atoms with van der Waals surface area (Å²) in [5, 5.41) is 0. The van der Waals surface area contributed by atoms with Gasteiger partial charge in [-0.15, -0.1) is 0 Å². The molecule has 3 aromatic rings. The molecule has 0 unspecified atom stereocenters. The van der Waals surface area contributed by atoms with E-state index in [1.165, 1.54) is 0 Å². The lowest BCUT2D eigenvalue weighted by Gasteiger charge is -2.20. The molecule has 0 saturated heterocycles. The van der Waals surface area contributed by atoms with E-state index in [1.807, 2.05) is 72.8 Å². The van der Waals surface area contributed by atoms with Crippen LogP contribution in [0.2, 0.25) is 0 Å². The second-order valence-corrected chi connectivity index (χ2v) is 9.70. The summed E-state index contributed by atoms with van der Waals surface area (Å²) in [5.74, 6) is 0.863. The Labute approximate surface area is 206 Å². The molecule has 0 fully saturated rings. The number of rotatable bonds is 12. The predicted octanol–water partition coefficient (Wildman–Crippen LogP) is 6.58. The fraction of sp³-hybridized carbons (Fsp3) is 0.296. The van der Waals surface area contributed by atoms with Crippen LogP contribution in [0.1, 0.15) is 43.4 Å². The Bertz CT molecular complexity index is 1050. The number of carbonyl (C=O) groups excluding carboxylic acids is 2. The van der Waals surface area contributed by atoms with Crippen molar-refractivity contribution in [3.05, 3.63) is 95.6 Å². The van der Waals surface area contributed by atoms with Gasteiger partial charge in [-0.25, -0.2) is 4.57 Å². The van der Waals surface area contributed by atoms with Crippen LogP contribution in [-0.4, -0.2) is 6.15 Å². The fourth-order valence-electron chi connectivity index (χ4n) is 3.47. The van der Waals surface area contributed by atoms with Gasteiger partial charge in [0.2, 0.25) is 0 Å². The number of hydrogen-bond acceptors (Lipinski definition) is 7. The highest BCUT2D eigenvalue weighted by Gasteiger charge is 2.30. The maximum atomic E-state index is 13.5. The van der Waals surface area contributed by atoms with Crippen LogP contribution in [0, 0.1) is 5.92 Å². The number of phosphoric ester groups is 1. The van der Waals surface area contributed by atoms with Crippen molar-refractivity contribution in [1.82, 2.24) is 0 Å². The van der Waals surface area contributed by atoms with Crippen LogP contribution in [-0.2, 0) is 42.8 Å². The molecule has 0 aliphatic heterocycles. The Morgan fingerprint density at radius 3 is 1.83 bits per heavy atom. The van der Waals surface area contributed by atoms with E-state index in [-0.39, 0.29) is 19.4 Å². The second kappa shape index (κ2) is 14.9. The molecule has 7 nitrogen and oxygen atoms in total. The molecule has 0 bridgehead atoms. The Morgan fingerprint density at radius 2 is 1.37 bits per heavy atom. The van der Waals surface area contributed by atoms with Gasteiger partial charge >= 0.3 is 14.0 Å². The van der Waals surface area contributed by atoms with Gasteiger partial charge in [-0.1, -0.05) is 93.4 Å². The largest absolute Gasteiger partial charge is 0.530 e. The first-order valence-electron chi connectivity index (χ1n) is 11.4. The van der Waals surface area contributed by atoms with Gasteiger partial charge in [-0.05, 0) is 41.2 Å². The van der Waals surface area contributed by atoms with Crippen molar-refractivity contribution in [3.63, 3.8) is 0 Å². The van der Waals surface area contributed by atoms with E-state index in [2.05, 4.69) is 13.8 Å². The second-order valence-electron chi connectivity index (χ2n) is 8.11. The Morgan fingerprint density at radius 1 is 0.857 bits per heavy atom. The highest BCUT2D eigenvalue weighted by Crippen LogP contribution is 2.52. The zero-order valence-electron chi connectivity index (χ0n) is 20.1. The zero-order valence-corrected chi connectivity index (χ0v) is 21.0. The number of nitrogens with two attached hydrogens (primary N) is 1. The van der Waals surface area contributed by atoms with Gasteiger partial charge in [0.1, 0.15) is 0 Å². The average Bonchev–Trinajstić information content (AvgIpc) is 2.85. The predicted molar refractivity (Wildman–Crippen MR) is 134 cm³/mol. The number of benzene rings is 3. The molecule has 0 amide bonds. The maximum Gasteiger partial charge on any atom is 0.530 e. The first kappa shape index (κ1) is 28.0. The summed E-state index contributed by atoms with van der Waals surface area (Å²) in [4.78, 5) is 16.2. The van der Waals surface area contributed by atoms with Crippen molar-refractivity contribution in [2.45, 2.75) is 46.3 Å². The minimum Gasteiger partial charge on any atom is -0.402 e. The minimum absolute atomic E-state index is 0.0967. The molecular formula is C27H32NO6P. The topological polar surface area (TPSA) is 105 Å². The molecule has 0 aliphatic rings. The fourth-order valence-corrected chi connectivity index (χ4v) is 4.67. The smallest absolute Gasteiger partial charge is 0.402 e. The van der Waals surface area contributed by atoms with E-state index in [0.29, 0.717) is 17.4 Å². The average molecular weight is 498 g/mol. The molecule has 3 rings (SSSR count). The summed E-state index contributed by atoms with van der Waals surface area (Å²) in [7, 11) is -3.93. The van der Waals surface area contributed by atoms with Gasteiger partial charge in [0, 0.05) is 0 Å². The van der Waals surface area contributed by atoms with Crippen LogP contribution in [0.4, 0.5) is 5.69 Å². The molecule has 1 atom stereocenters. The normalized spacial score (nSPS) is 11.6. The van der Waals surface area contributed by atoms with E-state index >= 15 is 0 Å². The first-order valence-corrected chi connectivity index (χ1v) is 12.9. The van der Waals surface area contributed by atoms with Crippen molar-refractivity contribution >= 4 is 19.7 Å². The Hall–Kier alpha value is -3.21. The van der Waals surface area contributed by atoms with Crippen molar-refractivity contribution in [2.75, 3.05) is 5.73 Å². The summed E-state index contributed by atoms with van der Waals surface area (Å²) >= 11 is 0. The molecule has 0 saturated carbocycles. The number of anilines is 1. The van der Waals surface area contributed by atoms with Gasteiger partial charge < -0.3 is 10.3 Å². The molecule has 0 aromatic heterocycles. The van der Waals surface area contributed by atoms with Crippen molar-refractivity contribution in [3.8, 4) is 5.75 Å². The van der Waals surface area contributed by atoms with E-state index in [9.17, 15) is 4.57 Å². The highest BCUT2D eigenvalue weighted by atomic mass is 31.2. The molecule has 2 N–H and O–H groups in total. The molecule has 3 aromatic carbocycles. The number of hydrogen-bond donors (Lipinski definition) is 1. The van der Waals surface area contributed by atoms with Crippen LogP contribution >= 0.6 is 7.82 Å². The maximum absolute atomic E-state index is 13.5. The number of nitrogen functional groups attached to an aromatic ring is 1. The molecule has 186 valence electrons. The summed E-state index contributed by atoms with van der Waals surface area (Å²) in [6, 6.07) is 24.5. The van der Waals surface area contributed by atoms with Crippen molar-refractivity contribution in [2.24, 2.45) is 5.92 Å². The number of phosphoric acid groups is 1. The van der Waals surface area contributed by atoms with Gasteiger partial charge in [0.05, 0.1) is 18.9 Å². The standard InChI is InChI=1S/C26H32NO4P.CO2/c1-3-10-21(2)17-24-15-16-26(25(27)18-24)31-32(28,29-19-22-11-6-4-7-12-22)30-20-23-13-8-5-9-14-23;2-1-3/h4-9,11-16,18,21H,3,10,17,19-20,27H2,1-2H3;/t21-;/m1./s1. The molecule has 0 heterocycles. The van der Waals surface area contributed by atoms with Crippen LogP contribution < -0.4 is 10.3 Å². The van der Waals surface area contributed by atoms with Gasteiger partial charge in [-0.2, -0.15) is 9.59 Å². The van der Waals surface area contributed by atoms with Gasteiger partial charge in [0.15, 0.2) is 5.75 Å². The van der Waals surface area contributed by atoms with Gasteiger partial charge in [-0.3, -0.25) is 9.05 Å². The summed E-state index contributed by atoms with van der Waals surface area (Å²) in [6.07, 6.45) is 3.50. The minimum atomic E-state index is -3.93. The third-order valence-corrected chi connectivity index (χ3v) is 6.43. The first-order chi connectivity index (χ1) is 16.9. The van der Waals surface area contributed by atoms with Crippen molar-refractivity contribution < 1.29 is 27.7 Å². The van der Waals surface area contributed by atoms with Crippen LogP contribution in [0.25, 0.3) is 0 Å². The summed E-state index contributed by atoms with van der Waals surface area (Å²) in [6.45, 7) is 4.61. The Balaban J connectivity index is 0.00000137. The van der Waals surface area contributed by atoms with Crippen molar-refractivity contribution in [1.29, 1.82) is 0 Å². The lowest BCUT2D eigenvalue weighted by Crippen LogP contribution is -2.06. The SMILES string of the molecule is CCC[C@@H](C)Cc1ccc(OP(=O)(OCc2ccccc2)OCc2ccccc2)c(N)c1.O=C=O. The van der Waals surface area contributed by atoms with E-state index in [0.717, 1.165) is 36.0 Å². The lowest BCUT2D eigenvalue weighted by atomic mass is 9.97. The molecular weight excluding hydrogens is 465 g/mol. The molecule has 0 spiro atoms. The summed E-state index contributed by atoms with van der Waals surface area (Å²) < 4.78 is 30.6. The van der Waals surface area contributed by atoms with Crippen LogP contribution in [0.3, 0.4) is 0 Å². The quantitative estimate of drug-likeness (QED) is 0.222. The van der Waals surface area contributed by atoms with Crippen LogP contribution in [0.5, 0.6) is 5.75 Å². The highest BCUT2D eigenvalue weighted by molar-refractivity contribution is 7.48. The van der Waals surface area contributed by atoms with Gasteiger partial charge in [0.25, 0.3) is 0 Å². The Kier molecular flexibility index (Phi) is 12.0. The lowest BCUT2D eigenvalue weighted by molar-refractivity contribution is -0.191. The molecule has 8 heteroatoms. The van der Waals surface area contributed by atoms with Crippen LogP contribution in [0.15, 0.2) is 78.9 Å². The monoisotopic (exact) mass is 497 g/mol. The molecule has 0 aliphatic carbocycles. The summed E-state index contributed by atoms with van der Waals surface area (Å²) in [5.41, 5.74) is 9.51. The third-order valence-electron chi connectivity index (χ3n) is 5.11. The van der Waals surface area contributed by atoms with E-state index in [1.54, 1.807) is 6.07 Å². The zero-order chi connectivity index (χ0) is 25.5. The van der Waals surface area contributed by atoms with E-state index in [4.69, 9.17) is 28.9 Å². The third kappa shape index (κ3) is 10.3. The van der Waals surface area contributed by atoms with E-state index < -0.39 is 7.82 Å². The molecule has 0 radical (unpaired) electrons. The molecule has 35 heavy (non-hydrogen) atoms.